The van der Waals surface area contributed by atoms with Crippen molar-refractivity contribution in [2.75, 3.05) is 4.90 Å². The lowest BCUT2D eigenvalue weighted by molar-refractivity contribution is 0.584. The van der Waals surface area contributed by atoms with Crippen LogP contribution in [0.25, 0.3) is 62.3 Å². The number of hydrogen-bond donors (Lipinski definition) is 0. The number of anilines is 2. The maximum Gasteiger partial charge on any atom is 0.164 e. The number of aromatic nitrogens is 3. The first-order valence-corrected chi connectivity index (χ1v) is 18.3. The van der Waals surface area contributed by atoms with Gasteiger partial charge in [0.15, 0.2) is 17.5 Å². The lowest BCUT2D eigenvalue weighted by atomic mass is 9.82. The minimum absolute atomic E-state index is 0.0803. The molecule has 11 rings (SSSR count). The van der Waals surface area contributed by atoms with Crippen molar-refractivity contribution in [1.82, 2.24) is 15.0 Å². The van der Waals surface area contributed by atoms with Gasteiger partial charge in [-0.15, -0.1) is 0 Å². The topological polar surface area (TPSA) is 55.1 Å². The molecule has 0 fully saturated rings. The molecule has 252 valence electrons. The largest absolute Gasteiger partial charge is 0.456 e. The molecule has 53 heavy (non-hydrogen) atoms. The SMILES string of the molecule is CC1(C)c2ccccc2-c2ccc(N3c4ccccc4C4c5c(oc6ccc(-c7nc(-c8ccccc8)nc(-c8ccccc8)n7)cc56)C=CC43)cc21. The third kappa shape index (κ3) is 4.47. The molecule has 2 unspecified atom stereocenters. The van der Waals surface area contributed by atoms with Gasteiger partial charge in [-0.2, -0.15) is 0 Å². The molecule has 0 N–H and O–H groups in total. The Morgan fingerprint density at radius 1 is 0.585 bits per heavy atom. The van der Waals surface area contributed by atoms with Crippen LogP contribution >= 0.6 is 0 Å². The summed E-state index contributed by atoms with van der Waals surface area (Å²) in [6.45, 7) is 4.70. The van der Waals surface area contributed by atoms with Crippen molar-refractivity contribution in [3.05, 3.63) is 180 Å². The highest BCUT2D eigenvalue weighted by atomic mass is 16.3. The summed E-state index contributed by atoms with van der Waals surface area (Å²) < 4.78 is 6.60. The predicted molar refractivity (Wildman–Crippen MR) is 213 cm³/mol. The smallest absolute Gasteiger partial charge is 0.164 e. The Morgan fingerprint density at radius 3 is 1.98 bits per heavy atom. The van der Waals surface area contributed by atoms with Crippen molar-refractivity contribution in [3.8, 4) is 45.3 Å². The Morgan fingerprint density at radius 2 is 1.23 bits per heavy atom. The van der Waals surface area contributed by atoms with Crippen LogP contribution in [-0.4, -0.2) is 21.0 Å². The number of benzene rings is 6. The van der Waals surface area contributed by atoms with Crippen LogP contribution in [0, 0.1) is 0 Å². The summed E-state index contributed by atoms with van der Waals surface area (Å²) in [5.74, 6) is 2.92. The Labute approximate surface area is 308 Å². The quantitative estimate of drug-likeness (QED) is 0.185. The molecule has 8 aromatic rings. The predicted octanol–water partition coefficient (Wildman–Crippen LogP) is 11.6. The Bertz CT molecular complexity index is 2720. The average Bonchev–Trinajstić information content (AvgIpc) is 3.83. The average molecular weight is 683 g/mol. The van der Waals surface area contributed by atoms with Gasteiger partial charge in [0.2, 0.25) is 0 Å². The molecular weight excluding hydrogens is 649 g/mol. The van der Waals surface area contributed by atoms with Gasteiger partial charge in [0.25, 0.3) is 0 Å². The van der Waals surface area contributed by atoms with Crippen molar-refractivity contribution in [2.24, 2.45) is 0 Å². The summed E-state index contributed by atoms with van der Waals surface area (Å²) in [6, 6.07) is 51.5. The fourth-order valence-electron chi connectivity index (χ4n) is 8.98. The molecule has 3 heterocycles. The van der Waals surface area contributed by atoms with Gasteiger partial charge >= 0.3 is 0 Å². The third-order valence-electron chi connectivity index (χ3n) is 11.5. The van der Waals surface area contributed by atoms with Crippen molar-refractivity contribution in [2.45, 2.75) is 31.2 Å². The zero-order valence-corrected chi connectivity index (χ0v) is 29.4. The lowest BCUT2D eigenvalue weighted by Gasteiger charge is -2.31. The van der Waals surface area contributed by atoms with Gasteiger partial charge in [-0.3, -0.25) is 0 Å². The van der Waals surface area contributed by atoms with Crippen molar-refractivity contribution in [3.63, 3.8) is 0 Å². The number of furan rings is 1. The number of fused-ring (bicyclic) bond motifs is 10. The van der Waals surface area contributed by atoms with E-state index in [-0.39, 0.29) is 17.4 Å². The number of para-hydroxylation sites is 1. The first-order chi connectivity index (χ1) is 26.0. The van der Waals surface area contributed by atoms with Gasteiger partial charge in [-0.1, -0.05) is 129 Å². The summed E-state index contributed by atoms with van der Waals surface area (Å²) in [5, 5.41) is 1.09. The van der Waals surface area contributed by atoms with Crippen LogP contribution < -0.4 is 4.90 Å². The van der Waals surface area contributed by atoms with Crippen LogP contribution in [0.3, 0.4) is 0 Å². The molecule has 0 bridgehead atoms. The Kier molecular flexibility index (Phi) is 6.36. The molecule has 0 radical (unpaired) electrons. The van der Waals surface area contributed by atoms with Crippen LogP contribution in [0.15, 0.2) is 156 Å². The van der Waals surface area contributed by atoms with E-state index in [1.807, 2.05) is 60.7 Å². The van der Waals surface area contributed by atoms with E-state index in [0.717, 1.165) is 33.4 Å². The van der Waals surface area contributed by atoms with Crippen LogP contribution in [0.5, 0.6) is 0 Å². The van der Waals surface area contributed by atoms with Crippen LogP contribution in [0.2, 0.25) is 0 Å². The fourth-order valence-corrected chi connectivity index (χ4v) is 8.98. The standard InChI is InChI=1S/C48H34N4O/c1-48(2)37-19-11-9-17-33(37)34-23-22-32(28-38(34)48)52-39-20-12-10-18-35(39)43-40(52)24-26-42-44(43)36-27-31(21-25-41(36)53-42)47-50-45(29-13-5-3-6-14-29)49-46(51-47)30-15-7-4-8-16-30/h3-28,40,43H,1-2H3. The van der Waals surface area contributed by atoms with Crippen LogP contribution in [-0.2, 0) is 5.41 Å². The fraction of sp³-hybridized carbons (Fsp3) is 0.104. The second-order valence-corrected chi connectivity index (χ2v) is 14.8. The zero-order valence-electron chi connectivity index (χ0n) is 29.4. The summed E-state index contributed by atoms with van der Waals surface area (Å²) in [5.41, 5.74) is 14.0. The second-order valence-electron chi connectivity index (χ2n) is 14.8. The first-order valence-electron chi connectivity index (χ1n) is 18.3. The van der Waals surface area contributed by atoms with Crippen molar-refractivity contribution in [1.29, 1.82) is 0 Å². The molecule has 5 heteroatoms. The van der Waals surface area contributed by atoms with Gasteiger partial charge in [0, 0.05) is 50.3 Å². The van der Waals surface area contributed by atoms with E-state index in [1.54, 1.807) is 0 Å². The maximum absolute atomic E-state index is 6.60. The second kappa shape index (κ2) is 11.2. The molecule has 3 aliphatic rings. The number of nitrogens with zero attached hydrogens (tertiary/aromatic N) is 4. The molecule has 2 aromatic heterocycles. The van der Waals surface area contributed by atoms with E-state index in [1.165, 1.54) is 44.8 Å². The minimum Gasteiger partial charge on any atom is -0.456 e. The molecule has 2 atom stereocenters. The highest BCUT2D eigenvalue weighted by Crippen LogP contribution is 2.55. The molecule has 0 amide bonds. The highest BCUT2D eigenvalue weighted by molar-refractivity contribution is 5.93. The summed E-state index contributed by atoms with van der Waals surface area (Å²) in [4.78, 5) is 17.5. The van der Waals surface area contributed by atoms with Crippen LogP contribution in [0.1, 0.15) is 47.8 Å². The lowest BCUT2D eigenvalue weighted by Crippen LogP contribution is -2.30. The van der Waals surface area contributed by atoms with E-state index < -0.39 is 0 Å². The molecular formula is C48H34N4O. The van der Waals surface area contributed by atoms with Crippen LogP contribution in [0.4, 0.5) is 11.4 Å². The maximum atomic E-state index is 6.60. The van der Waals surface area contributed by atoms with Gasteiger partial charge in [0.1, 0.15) is 11.3 Å². The number of rotatable bonds is 4. The first kappa shape index (κ1) is 30.1. The van der Waals surface area contributed by atoms with Gasteiger partial charge in [-0.05, 0) is 70.3 Å². The molecule has 0 saturated carbocycles. The summed E-state index contributed by atoms with van der Waals surface area (Å²) >= 11 is 0. The summed E-state index contributed by atoms with van der Waals surface area (Å²) in [7, 11) is 0. The van der Waals surface area contributed by atoms with Gasteiger partial charge < -0.3 is 9.32 Å². The summed E-state index contributed by atoms with van der Waals surface area (Å²) in [6.07, 6.45) is 4.50. The Balaban J connectivity index is 1.05. The van der Waals surface area contributed by atoms with E-state index in [0.29, 0.717) is 17.5 Å². The van der Waals surface area contributed by atoms with E-state index in [4.69, 9.17) is 19.4 Å². The monoisotopic (exact) mass is 682 g/mol. The van der Waals surface area contributed by atoms with Gasteiger partial charge in [-0.25, -0.2) is 15.0 Å². The van der Waals surface area contributed by atoms with E-state index in [9.17, 15) is 0 Å². The van der Waals surface area contributed by atoms with Crippen molar-refractivity contribution < 1.29 is 4.42 Å². The molecule has 6 aromatic carbocycles. The van der Waals surface area contributed by atoms with Crippen molar-refractivity contribution >= 4 is 28.4 Å². The molecule has 2 aliphatic carbocycles. The van der Waals surface area contributed by atoms with E-state index in [2.05, 4.69) is 116 Å². The number of hydrogen-bond acceptors (Lipinski definition) is 5. The zero-order chi connectivity index (χ0) is 35.3. The third-order valence-corrected chi connectivity index (χ3v) is 11.5. The highest BCUT2D eigenvalue weighted by Gasteiger charge is 2.44. The molecule has 5 nitrogen and oxygen atoms in total. The molecule has 0 saturated heterocycles. The Hall–Kier alpha value is -6.59. The normalized spacial score (nSPS) is 17.3. The van der Waals surface area contributed by atoms with Gasteiger partial charge in [0.05, 0.1) is 6.04 Å². The van der Waals surface area contributed by atoms with E-state index >= 15 is 0 Å². The molecule has 0 spiro atoms. The minimum atomic E-state index is -0.0803. The molecule has 1 aliphatic heterocycles.